The summed E-state index contributed by atoms with van der Waals surface area (Å²) in [5.74, 6) is 0.427. The molecular weight excluding hydrogens is 211 g/mol. The second-order valence-corrected chi connectivity index (χ2v) is 3.41. The molecule has 0 spiro atoms. The number of aliphatic hydroxyl groups is 1. The van der Waals surface area contributed by atoms with Gasteiger partial charge in [-0.05, 0) is 0 Å². The third-order valence-corrected chi connectivity index (χ3v) is 2.25. The van der Waals surface area contributed by atoms with Gasteiger partial charge in [-0.25, -0.2) is 4.68 Å². The van der Waals surface area contributed by atoms with Crippen LogP contribution < -0.4 is 4.90 Å². The lowest BCUT2D eigenvalue weighted by Gasteiger charge is -2.18. The van der Waals surface area contributed by atoms with Gasteiger partial charge in [-0.2, -0.15) is 18.3 Å². The fourth-order valence-electron chi connectivity index (χ4n) is 1.66. The Kier molecular flexibility index (Phi) is 2.34. The zero-order chi connectivity index (χ0) is 11.1. The van der Waals surface area contributed by atoms with Gasteiger partial charge < -0.3 is 10.0 Å². The van der Waals surface area contributed by atoms with E-state index >= 15 is 0 Å². The van der Waals surface area contributed by atoms with Crippen molar-refractivity contribution in [2.75, 3.05) is 18.0 Å². The first-order valence-corrected chi connectivity index (χ1v) is 4.49. The highest BCUT2D eigenvalue weighted by molar-refractivity contribution is 5.43. The molecule has 0 saturated heterocycles. The maximum Gasteiger partial charge on any atom is 0.405 e. The first-order chi connectivity index (χ1) is 6.99. The van der Waals surface area contributed by atoms with Gasteiger partial charge in [0.2, 0.25) is 0 Å². The molecule has 15 heavy (non-hydrogen) atoms. The summed E-state index contributed by atoms with van der Waals surface area (Å²) in [7, 11) is 0. The van der Waals surface area contributed by atoms with Crippen LogP contribution in [0, 0.1) is 0 Å². The summed E-state index contributed by atoms with van der Waals surface area (Å²) in [5, 5.41) is 12.7. The molecule has 2 rings (SSSR count). The first-order valence-electron chi connectivity index (χ1n) is 4.49. The number of aromatic nitrogens is 2. The average molecular weight is 221 g/mol. The van der Waals surface area contributed by atoms with E-state index in [1.165, 1.54) is 15.6 Å². The van der Waals surface area contributed by atoms with Crippen LogP contribution >= 0.6 is 0 Å². The van der Waals surface area contributed by atoms with Gasteiger partial charge in [-0.15, -0.1) is 0 Å². The Balaban J connectivity index is 2.16. The number of hydrogen-bond acceptors (Lipinski definition) is 3. The number of fused-ring (bicyclic) bond motifs is 1. The molecule has 1 N–H and O–H groups in total. The van der Waals surface area contributed by atoms with Gasteiger partial charge in [0.25, 0.3) is 0 Å². The molecule has 0 bridgehead atoms. The maximum atomic E-state index is 12.2. The summed E-state index contributed by atoms with van der Waals surface area (Å²) < 4.78 is 38.0. The number of hydrogen-bond donors (Lipinski definition) is 1. The summed E-state index contributed by atoms with van der Waals surface area (Å²) in [6.45, 7) is -0.470. The second kappa shape index (κ2) is 3.41. The highest BCUT2D eigenvalue weighted by Crippen LogP contribution is 2.26. The van der Waals surface area contributed by atoms with Crippen LogP contribution in [0.4, 0.5) is 19.0 Å². The third-order valence-electron chi connectivity index (χ3n) is 2.25. The fraction of sp³-hybridized carbons (Fsp3) is 0.625. The molecule has 2 heterocycles. The van der Waals surface area contributed by atoms with E-state index in [0.29, 0.717) is 24.6 Å². The lowest BCUT2D eigenvalue weighted by molar-refractivity contribution is -0.119. The Bertz CT molecular complexity index is 361. The summed E-state index contributed by atoms with van der Waals surface area (Å²) >= 11 is 0. The lowest BCUT2D eigenvalue weighted by atomic mass is 10.4. The van der Waals surface area contributed by atoms with Crippen LogP contribution in [0.5, 0.6) is 0 Å². The van der Waals surface area contributed by atoms with Crippen LogP contribution in [0.15, 0.2) is 6.07 Å². The quantitative estimate of drug-likeness (QED) is 0.801. The molecule has 1 aromatic heterocycles. The van der Waals surface area contributed by atoms with Crippen molar-refractivity contribution in [2.24, 2.45) is 0 Å². The van der Waals surface area contributed by atoms with Crippen molar-refractivity contribution in [1.29, 1.82) is 0 Å². The number of anilines is 1. The number of nitrogens with zero attached hydrogens (tertiary/aromatic N) is 3. The van der Waals surface area contributed by atoms with Gasteiger partial charge in [-0.3, -0.25) is 0 Å². The topological polar surface area (TPSA) is 41.3 Å². The van der Waals surface area contributed by atoms with E-state index < -0.39 is 12.7 Å². The molecule has 0 amide bonds. The molecule has 1 aliphatic rings. The Morgan fingerprint density at radius 3 is 2.73 bits per heavy atom. The van der Waals surface area contributed by atoms with Crippen molar-refractivity contribution in [2.45, 2.75) is 19.3 Å². The highest BCUT2D eigenvalue weighted by Gasteiger charge is 2.34. The molecule has 4 nitrogen and oxygen atoms in total. The minimum Gasteiger partial charge on any atom is -0.390 e. The van der Waals surface area contributed by atoms with Crippen LogP contribution in [-0.2, 0) is 13.2 Å². The number of aliphatic hydroxyl groups excluding tert-OH is 1. The van der Waals surface area contributed by atoms with E-state index in [2.05, 4.69) is 5.10 Å². The van der Waals surface area contributed by atoms with Crippen LogP contribution in [0.2, 0.25) is 0 Å². The normalized spacial score (nSPS) is 15.9. The van der Waals surface area contributed by atoms with Gasteiger partial charge in [0.1, 0.15) is 12.4 Å². The molecule has 0 radical (unpaired) electrons. The predicted molar refractivity (Wildman–Crippen MR) is 46.4 cm³/mol. The summed E-state index contributed by atoms with van der Waals surface area (Å²) in [5.41, 5.74) is 0.400. The predicted octanol–water partition coefficient (Wildman–Crippen LogP) is 0.758. The molecule has 0 atom stereocenters. The van der Waals surface area contributed by atoms with Crippen molar-refractivity contribution in [3.05, 3.63) is 11.8 Å². The Labute approximate surface area is 83.9 Å². The van der Waals surface area contributed by atoms with E-state index in [1.807, 2.05) is 0 Å². The fourth-order valence-corrected chi connectivity index (χ4v) is 1.66. The minimum atomic E-state index is -4.21. The van der Waals surface area contributed by atoms with E-state index in [9.17, 15) is 13.2 Å². The molecule has 0 aromatic carbocycles. The summed E-state index contributed by atoms with van der Waals surface area (Å²) in [6.07, 6.45) is -4.21. The van der Waals surface area contributed by atoms with Crippen molar-refractivity contribution in [3.63, 3.8) is 0 Å². The van der Waals surface area contributed by atoms with E-state index in [0.717, 1.165) is 0 Å². The van der Waals surface area contributed by atoms with E-state index in [-0.39, 0.29) is 6.61 Å². The molecule has 0 saturated carbocycles. The molecule has 7 heteroatoms. The van der Waals surface area contributed by atoms with Crippen LogP contribution in [0.1, 0.15) is 5.69 Å². The summed E-state index contributed by atoms with van der Waals surface area (Å²) in [6, 6.07) is 1.48. The minimum absolute atomic E-state index is 0.250. The van der Waals surface area contributed by atoms with Gasteiger partial charge in [0.05, 0.1) is 18.8 Å². The van der Waals surface area contributed by atoms with Gasteiger partial charge in [-0.1, -0.05) is 0 Å². The van der Waals surface area contributed by atoms with Crippen LogP contribution in [0.25, 0.3) is 0 Å². The summed E-state index contributed by atoms with van der Waals surface area (Å²) in [4.78, 5) is 1.21. The van der Waals surface area contributed by atoms with Gasteiger partial charge >= 0.3 is 6.18 Å². The largest absolute Gasteiger partial charge is 0.405 e. The van der Waals surface area contributed by atoms with Gasteiger partial charge in [0.15, 0.2) is 0 Å². The standard InChI is InChI=1S/C8H10F3N3O/c9-8(10,11)5-13-1-2-14-7(13)3-6(4-15)12-14/h3,15H,1-2,4-5H2. The molecule has 0 fully saturated rings. The molecule has 1 aliphatic heterocycles. The zero-order valence-corrected chi connectivity index (χ0v) is 7.83. The van der Waals surface area contributed by atoms with Gasteiger partial charge in [0, 0.05) is 12.6 Å². The molecular formula is C8H10F3N3O. The molecule has 1 aromatic rings. The smallest absolute Gasteiger partial charge is 0.390 e. The Hall–Kier alpha value is -1.24. The number of alkyl halides is 3. The lowest BCUT2D eigenvalue weighted by Crippen LogP contribution is -2.32. The van der Waals surface area contributed by atoms with E-state index in [1.54, 1.807) is 0 Å². The van der Waals surface area contributed by atoms with Crippen LogP contribution in [0.3, 0.4) is 0 Å². The molecule has 0 aliphatic carbocycles. The van der Waals surface area contributed by atoms with Crippen molar-refractivity contribution >= 4 is 5.82 Å². The number of halogens is 3. The zero-order valence-electron chi connectivity index (χ0n) is 7.83. The van der Waals surface area contributed by atoms with E-state index in [4.69, 9.17) is 5.11 Å². The highest BCUT2D eigenvalue weighted by atomic mass is 19.4. The maximum absolute atomic E-state index is 12.2. The van der Waals surface area contributed by atoms with Crippen molar-refractivity contribution in [1.82, 2.24) is 9.78 Å². The third kappa shape index (κ3) is 2.06. The SMILES string of the molecule is OCc1cc2n(n1)CCN2CC(F)(F)F. The molecule has 84 valence electrons. The number of rotatable bonds is 2. The Morgan fingerprint density at radius 1 is 1.40 bits per heavy atom. The van der Waals surface area contributed by atoms with Crippen molar-refractivity contribution < 1.29 is 18.3 Å². The second-order valence-electron chi connectivity index (χ2n) is 3.41. The monoisotopic (exact) mass is 221 g/mol. The van der Waals surface area contributed by atoms with Crippen molar-refractivity contribution in [3.8, 4) is 0 Å². The average Bonchev–Trinajstić information content (AvgIpc) is 2.65. The first kappa shape index (κ1) is 10.3. The Morgan fingerprint density at radius 2 is 2.13 bits per heavy atom. The van der Waals surface area contributed by atoms with Crippen LogP contribution in [-0.4, -0.2) is 34.2 Å². The molecule has 0 unspecified atom stereocenters.